The van der Waals surface area contributed by atoms with Crippen molar-refractivity contribution in [3.05, 3.63) is 48.0 Å². The van der Waals surface area contributed by atoms with Gasteiger partial charge in [0.05, 0.1) is 18.4 Å². The van der Waals surface area contributed by atoms with Crippen molar-refractivity contribution in [1.82, 2.24) is 15.2 Å². The summed E-state index contributed by atoms with van der Waals surface area (Å²) in [5, 5.41) is 27.0. The molecule has 31 heavy (non-hydrogen) atoms. The Bertz CT molecular complexity index is 1320. The third-order valence-electron chi connectivity index (χ3n) is 4.37. The van der Waals surface area contributed by atoms with Crippen LogP contribution in [0.5, 0.6) is 5.75 Å². The number of aliphatic carboxylic acids is 1. The first-order chi connectivity index (χ1) is 15.1. The lowest BCUT2D eigenvalue weighted by Crippen LogP contribution is -1.97. The molecule has 0 fully saturated rings. The molecule has 0 atom stereocenters. The van der Waals surface area contributed by atoms with Gasteiger partial charge >= 0.3 is 5.97 Å². The predicted molar refractivity (Wildman–Crippen MR) is 116 cm³/mol. The second-order valence-corrected chi connectivity index (χ2v) is 7.33. The monoisotopic (exact) mass is 435 g/mol. The summed E-state index contributed by atoms with van der Waals surface area (Å²) in [6.45, 7) is -0.282. The average Bonchev–Trinajstić information content (AvgIpc) is 3.42. The van der Waals surface area contributed by atoms with Crippen molar-refractivity contribution in [3.8, 4) is 40.5 Å². The van der Waals surface area contributed by atoms with Crippen LogP contribution in [0.2, 0.25) is 0 Å². The Kier molecular flexibility index (Phi) is 5.93. The summed E-state index contributed by atoms with van der Waals surface area (Å²) in [5.74, 6) is 6.52. The van der Waals surface area contributed by atoms with Crippen LogP contribution in [0.15, 0.2) is 52.0 Å². The van der Waals surface area contributed by atoms with E-state index in [0.29, 0.717) is 28.1 Å². The number of hydrogen-bond donors (Lipinski definition) is 3. The number of aliphatic hydroxyl groups is 1. The molecule has 2 aromatic carbocycles. The van der Waals surface area contributed by atoms with Crippen LogP contribution in [0.25, 0.3) is 33.7 Å². The van der Waals surface area contributed by atoms with E-state index in [1.165, 1.54) is 0 Å². The molecular weight excluding hydrogens is 418 g/mol. The van der Waals surface area contributed by atoms with Gasteiger partial charge in [-0.2, -0.15) is 4.98 Å². The van der Waals surface area contributed by atoms with Crippen LogP contribution >= 0.6 is 11.8 Å². The van der Waals surface area contributed by atoms with E-state index in [1.54, 1.807) is 13.2 Å². The summed E-state index contributed by atoms with van der Waals surface area (Å²) in [6.07, 6.45) is 0. The van der Waals surface area contributed by atoms with E-state index in [2.05, 4.69) is 27.0 Å². The van der Waals surface area contributed by atoms with E-state index in [0.717, 1.165) is 33.8 Å². The molecule has 4 rings (SSSR count). The van der Waals surface area contributed by atoms with Crippen LogP contribution in [-0.4, -0.2) is 50.8 Å². The fraction of sp³-hybridized carbons (Fsp3) is 0.136. The summed E-state index contributed by atoms with van der Waals surface area (Å²) in [6, 6.07) is 13.4. The zero-order chi connectivity index (χ0) is 21.8. The van der Waals surface area contributed by atoms with E-state index < -0.39 is 5.97 Å². The SMILES string of the molecule is COc1ccc2cc(-c3oc(-c4nc(SCC(=O)O)n[nH]4)cc3C#CCO)ccc2c1. The molecule has 8 nitrogen and oxygen atoms in total. The number of aliphatic hydroxyl groups excluding tert-OH is 1. The smallest absolute Gasteiger partial charge is 0.313 e. The quantitative estimate of drug-likeness (QED) is 0.311. The number of benzene rings is 2. The topological polar surface area (TPSA) is 121 Å². The molecule has 0 radical (unpaired) electrons. The van der Waals surface area contributed by atoms with Crippen LogP contribution in [-0.2, 0) is 4.79 Å². The first-order valence-electron chi connectivity index (χ1n) is 9.16. The van der Waals surface area contributed by atoms with Crippen LogP contribution in [0, 0.1) is 11.8 Å². The minimum absolute atomic E-state index is 0.143. The first-order valence-corrected chi connectivity index (χ1v) is 10.1. The van der Waals surface area contributed by atoms with Crippen LogP contribution < -0.4 is 4.74 Å². The maximum absolute atomic E-state index is 10.7. The number of carboxylic acids is 1. The van der Waals surface area contributed by atoms with Gasteiger partial charge in [-0.1, -0.05) is 41.8 Å². The highest BCUT2D eigenvalue weighted by Gasteiger charge is 2.17. The molecule has 0 aliphatic carbocycles. The number of H-pyrrole nitrogens is 1. The third kappa shape index (κ3) is 4.55. The largest absolute Gasteiger partial charge is 0.497 e. The Hall–Kier alpha value is -3.74. The molecule has 0 bridgehead atoms. The lowest BCUT2D eigenvalue weighted by Gasteiger charge is -2.05. The van der Waals surface area contributed by atoms with Gasteiger partial charge in [0.25, 0.3) is 0 Å². The number of rotatable bonds is 6. The number of aromatic amines is 1. The van der Waals surface area contributed by atoms with E-state index in [1.807, 2.05) is 36.4 Å². The molecule has 0 spiro atoms. The second kappa shape index (κ2) is 8.95. The maximum atomic E-state index is 10.7. The molecule has 4 aromatic rings. The first kappa shape index (κ1) is 20.5. The standard InChI is InChI=1S/C22H17N3O5S/c1-29-17-7-6-13-9-16(5-4-14(13)10-17)20-15(3-2-8-26)11-18(30-20)21-23-22(25-24-21)31-12-19(27)28/h4-7,9-11,26H,8,12H2,1H3,(H,27,28)(H,23,24,25). The zero-order valence-electron chi connectivity index (χ0n) is 16.4. The molecule has 2 aromatic heterocycles. The number of ether oxygens (including phenoxy) is 1. The number of hydrogen-bond acceptors (Lipinski definition) is 7. The minimum Gasteiger partial charge on any atom is -0.497 e. The fourth-order valence-corrected chi connectivity index (χ4v) is 3.51. The van der Waals surface area contributed by atoms with Crippen molar-refractivity contribution in [2.24, 2.45) is 0 Å². The Balaban J connectivity index is 1.73. The van der Waals surface area contributed by atoms with E-state index in [4.69, 9.17) is 19.4 Å². The number of nitrogens with one attached hydrogen (secondary N) is 1. The zero-order valence-corrected chi connectivity index (χ0v) is 17.2. The number of nitrogens with zero attached hydrogens (tertiary/aromatic N) is 2. The summed E-state index contributed by atoms with van der Waals surface area (Å²) in [4.78, 5) is 15.0. The van der Waals surface area contributed by atoms with Crippen LogP contribution in [0.1, 0.15) is 5.56 Å². The van der Waals surface area contributed by atoms with Gasteiger partial charge in [-0.25, -0.2) is 0 Å². The molecular formula is C22H17N3O5S. The Morgan fingerprint density at radius 2 is 2.03 bits per heavy atom. The van der Waals surface area contributed by atoms with Crippen molar-refractivity contribution in [3.63, 3.8) is 0 Å². The van der Waals surface area contributed by atoms with E-state index in [9.17, 15) is 4.79 Å². The summed E-state index contributed by atoms with van der Waals surface area (Å²) >= 11 is 1.00. The molecule has 9 heteroatoms. The van der Waals surface area contributed by atoms with Gasteiger partial charge in [0, 0.05) is 11.6 Å². The lowest BCUT2D eigenvalue weighted by atomic mass is 10.0. The number of carboxylic acid groups (broad SMARTS) is 1. The second-order valence-electron chi connectivity index (χ2n) is 6.39. The van der Waals surface area contributed by atoms with Gasteiger partial charge in [0.2, 0.25) is 5.16 Å². The summed E-state index contributed by atoms with van der Waals surface area (Å²) in [5.41, 5.74) is 1.40. The number of aromatic nitrogens is 3. The van der Waals surface area contributed by atoms with Gasteiger partial charge in [0.15, 0.2) is 17.3 Å². The highest BCUT2D eigenvalue weighted by molar-refractivity contribution is 7.99. The Morgan fingerprint density at radius 3 is 2.81 bits per heavy atom. The fourth-order valence-electron chi connectivity index (χ4n) is 2.99. The summed E-state index contributed by atoms with van der Waals surface area (Å²) in [7, 11) is 1.63. The summed E-state index contributed by atoms with van der Waals surface area (Å²) < 4.78 is 11.3. The molecule has 156 valence electrons. The number of methoxy groups -OCH3 is 1. The molecule has 3 N–H and O–H groups in total. The molecule has 0 unspecified atom stereocenters. The minimum atomic E-state index is -0.952. The third-order valence-corrected chi connectivity index (χ3v) is 5.20. The van der Waals surface area contributed by atoms with Crippen molar-refractivity contribution >= 4 is 28.5 Å². The highest BCUT2D eigenvalue weighted by atomic mass is 32.2. The molecule has 0 saturated carbocycles. The number of fused-ring (bicyclic) bond motifs is 1. The molecule has 0 saturated heterocycles. The van der Waals surface area contributed by atoms with Crippen molar-refractivity contribution in [2.45, 2.75) is 5.16 Å². The van der Waals surface area contributed by atoms with Gasteiger partial charge in [0.1, 0.15) is 12.4 Å². The number of furan rings is 1. The van der Waals surface area contributed by atoms with Crippen molar-refractivity contribution in [2.75, 3.05) is 19.5 Å². The molecule has 0 aliphatic heterocycles. The van der Waals surface area contributed by atoms with Gasteiger partial charge in [-0.3, -0.25) is 9.89 Å². The Labute approximate surface area is 181 Å². The Morgan fingerprint density at radius 1 is 1.23 bits per heavy atom. The normalized spacial score (nSPS) is 10.6. The van der Waals surface area contributed by atoms with Crippen LogP contribution in [0.4, 0.5) is 0 Å². The molecule has 0 aliphatic rings. The number of thioether (sulfide) groups is 1. The van der Waals surface area contributed by atoms with Gasteiger partial charge < -0.3 is 19.4 Å². The lowest BCUT2D eigenvalue weighted by molar-refractivity contribution is -0.133. The molecule has 2 heterocycles. The number of carbonyl (C=O) groups is 1. The van der Waals surface area contributed by atoms with Gasteiger partial charge in [-0.05, 0) is 29.0 Å². The van der Waals surface area contributed by atoms with Gasteiger partial charge in [-0.15, -0.1) is 5.10 Å². The molecule has 0 amide bonds. The van der Waals surface area contributed by atoms with Crippen molar-refractivity contribution in [1.29, 1.82) is 0 Å². The maximum Gasteiger partial charge on any atom is 0.313 e. The highest BCUT2D eigenvalue weighted by Crippen LogP contribution is 2.34. The van der Waals surface area contributed by atoms with Crippen molar-refractivity contribution < 1.29 is 24.2 Å². The van der Waals surface area contributed by atoms with E-state index in [-0.39, 0.29) is 12.4 Å². The van der Waals surface area contributed by atoms with E-state index >= 15 is 0 Å². The average molecular weight is 435 g/mol. The van der Waals surface area contributed by atoms with Crippen LogP contribution in [0.3, 0.4) is 0 Å². The predicted octanol–water partition coefficient (Wildman–Crippen LogP) is 3.41.